The molecule has 0 N–H and O–H groups in total. The summed E-state index contributed by atoms with van der Waals surface area (Å²) in [6.45, 7) is 1.23. The van der Waals surface area contributed by atoms with Gasteiger partial charge in [0.05, 0.1) is 30.6 Å². The van der Waals surface area contributed by atoms with E-state index in [0.717, 1.165) is 0 Å². The van der Waals surface area contributed by atoms with Crippen LogP contribution in [-0.2, 0) is 4.74 Å². The number of rotatable bonds is 2. The molecule has 1 aromatic rings. The van der Waals surface area contributed by atoms with E-state index < -0.39 is 0 Å². The molecule has 1 aliphatic rings. The molecule has 1 saturated heterocycles. The Bertz CT molecular complexity index is 261. The van der Waals surface area contributed by atoms with Gasteiger partial charge >= 0.3 is 6.01 Å². The van der Waals surface area contributed by atoms with E-state index in [9.17, 15) is 0 Å². The number of nitrogens with zero attached hydrogens (tertiary/aromatic N) is 2. The van der Waals surface area contributed by atoms with E-state index in [-0.39, 0.29) is 6.10 Å². The van der Waals surface area contributed by atoms with Gasteiger partial charge in [-0.3, -0.25) is 0 Å². The fraction of sp³-hybridized carbons (Fsp3) is 0.429. The van der Waals surface area contributed by atoms with E-state index >= 15 is 0 Å². The number of halogens is 1. The molecule has 2 rings (SSSR count). The van der Waals surface area contributed by atoms with Crippen molar-refractivity contribution < 1.29 is 9.47 Å². The zero-order valence-electron chi connectivity index (χ0n) is 6.24. The van der Waals surface area contributed by atoms with Crippen molar-refractivity contribution in [2.45, 2.75) is 6.10 Å². The Hall–Kier alpha value is -0.870. The number of hydrogen-bond donors (Lipinski definition) is 0. The maximum atomic E-state index is 5.59. The smallest absolute Gasteiger partial charge is 0.316 e. The van der Waals surface area contributed by atoms with Crippen LogP contribution in [0.2, 0.25) is 5.02 Å². The first-order valence-corrected chi connectivity index (χ1v) is 3.94. The molecule has 0 atom stereocenters. The van der Waals surface area contributed by atoms with Gasteiger partial charge in [0.15, 0.2) is 0 Å². The summed E-state index contributed by atoms with van der Waals surface area (Å²) < 4.78 is 10.2. The Labute approximate surface area is 74.5 Å². The summed E-state index contributed by atoms with van der Waals surface area (Å²) in [7, 11) is 0. The minimum Gasteiger partial charge on any atom is -0.455 e. The second-order valence-corrected chi connectivity index (χ2v) is 2.90. The standard InChI is InChI=1S/C7H7ClN2O2/c8-5-1-9-7(10-2-5)12-6-3-11-4-6/h1-2,6H,3-4H2. The van der Waals surface area contributed by atoms with Crippen molar-refractivity contribution in [1.29, 1.82) is 0 Å². The molecule has 0 saturated carbocycles. The molecule has 5 heteroatoms. The van der Waals surface area contributed by atoms with Crippen LogP contribution in [0, 0.1) is 0 Å². The normalized spacial score (nSPS) is 17.1. The van der Waals surface area contributed by atoms with E-state index in [2.05, 4.69) is 9.97 Å². The van der Waals surface area contributed by atoms with Gasteiger partial charge in [0.2, 0.25) is 0 Å². The van der Waals surface area contributed by atoms with Crippen LogP contribution in [0.25, 0.3) is 0 Å². The number of aromatic nitrogens is 2. The maximum absolute atomic E-state index is 5.59. The van der Waals surface area contributed by atoms with Gasteiger partial charge in [-0.25, -0.2) is 9.97 Å². The first-order valence-electron chi connectivity index (χ1n) is 3.56. The molecule has 0 radical (unpaired) electrons. The molecule has 2 heterocycles. The predicted molar refractivity (Wildman–Crippen MR) is 42.3 cm³/mol. The highest BCUT2D eigenvalue weighted by Gasteiger charge is 2.20. The maximum Gasteiger partial charge on any atom is 0.316 e. The molecule has 0 spiro atoms. The van der Waals surface area contributed by atoms with Crippen molar-refractivity contribution in [1.82, 2.24) is 9.97 Å². The minimum atomic E-state index is 0.103. The van der Waals surface area contributed by atoms with Gasteiger partial charge in [-0.1, -0.05) is 11.6 Å². The van der Waals surface area contributed by atoms with E-state index in [1.54, 1.807) is 0 Å². The van der Waals surface area contributed by atoms with Crippen molar-refractivity contribution >= 4 is 11.6 Å². The molecule has 0 aliphatic carbocycles. The Balaban J connectivity index is 1.98. The van der Waals surface area contributed by atoms with Gasteiger partial charge in [0.25, 0.3) is 0 Å². The van der Waals surface area contributed by atoms with Crippen LogP contribution in [0.3, 0.4) is 0 Å². The van der Waals surface area contributed by atoms with Gasteiger partial charge in [-0.15, -0.1) is 0 Å². The van der Waals surface area contributed by atoms with Crippen LogP contribution < -0.4 is 4.74 Å². The largest absolute Gasteiger partial charge is 0.455 e. The number of hydrogen-bond acceptors (Lipinski definition) is 4. The van der Waals surface area contributed by atoms with Gasteiger partial charge in [-0.2, -0.15) is 0 Å². The quantitative estimate of drug-likeness (QED) is 0.689. The molecule has 12 heavy (non-hydrogen) atoms. The minimum absolute atomic E-state index is 0.103. The summed E-state index contributed by atoms with van der Waals surface area (Å²) in [6, 6.07) is 0.354. The lowest BCUT2D eigenvalue weighted by atomic mass is 10.3. The molecule has 4 nitrogen and oxygen atoms in total. The molecular formula is C7H7ClN2O2. The third-order valence-electron chi connectivity index (χ3n) is 1.48. The molecule has 0 aromatic carbocycles. The lowest BCUT2D eigenvalue weighted by Gasteiger charge is -2.25. The van der Waals surface area contributed by atoms with Gasteiger partial charge in [0.1, 0.15) is 6.10 Å². The highest BCUT2D eigenvalue weighted by atomic mass is 35.5. The second-order valence-electron chi connectivity index (χ2n) is 2.46. The molecule has 1 aromatic heterocycles. The van der Waals surface area contributed by atoms with Crippen LogP contribution in [0.4, 0.5) is 0 Å². The molecular weight excluding hydrogens is 180 g/mol. The van der Waals surface area contributed by atoms with Crippen LogP contribution in [-0.4, -0.2) is 29.3 Å². The van der Waals surface area contributed by atoms with Crippen LogP contribution in [0.5, 0.6) is 6.01 Å². The first kappa shape index (κ1) is 7.76. The molecule has 0 amide bonds. The summed E-state index contributed by atoms with van der Waals surface area (Å²) >= 11 is 5.59. The average molecular weight is 187 g/mol. The fourth-order valence-corrected chi connectivity index (χ4v) is 0.890. The zero-order chi connectivity index (χ0) is 8.39. The Morgan fingerprint density at radius 1 is 1.42 bits per heavy atom. The highest BCUT2D eigenvalue weighted by Crippen LogP contribution is 2.11. The Kier molecular flexibility index (Phi) is 2.10. The van der Waals surface area contributed by atoms with Crippen molar-refractivity contribution in [3.05, 3.63) is 17.4 Å². The first-order chi connectivity index (χ1) is 5.84. The lowest BCUT2D eigenvalue weighted by molar-refractivity contribution is -0.0831. The number of ether oxygens (including phenoxy) is 2. The van der Waals surface area contributed by atoms with Crippen molar-refractivity contribution in [2.75, 3.05) is 13.2 Å². The third-order valence-corrected chi connectivity index (χ3v) is 1.67. The predicted octanol–water partition coefficient (Wildman–Crippen LogP) is 0.908. The summed E-state index contributed by atoms with van der Waals surface area (Å²) in [4.78, 5) is 7.76. The van der Waals surface area contributed by atoms with Gasteiger partial charge < -0.3 is 9.47 Å². The molecule has 0 unspecified atom stereocenters. The zero-order valence-corrected chi connectivity index (χ0v) is 6.99. The second kappa shape index (κ2) is 3.25. The molecule has 1 aliphatic heterocycles. The van der Waals surface area contributed by atoms with Gasteiger partial charge in [-0.05, 0) is 0 Å². The summed E-state index contributed by atoms with van der Waals surface area (Å²) in [5.74, 6) is 0. The lowest BCUT2D eigenvalue weighted by Crippen LogP contribution is -2.38. The summed E-state index contributed by atoms with van der Waals surface area (Å²) in [6.07, 6.45) is 3.11. The van der Waals surface area contributed by atoms with Crippen LogP contribution in [0.1, 0.15) is 0 Å². The van der Waals surface area contributed by atoms with Crippen molar-refractivity contribution in [3.63, 3.8) is 0 Å². The summed E-state index contributed by atoms with van der Waals surface area (Å²) in [5, 5.41) is 0.507. The van der Waals surface area contributed by atoms with Crippen LogP contribution >= 0.6 is 11.6 Å². The van der Waals surface area contributed by atoms with Crippen molar-refractivity contribution in [2.24, 2.45) is 0 Å². The molecule has 64 valence electrons. The van der Waals surface area contributed by atoms with Crippen LogP contribution in [0.15, 0.2) is 12.4 Å². The van der Waals surface area contributed by atoms with E-state index in [4.69, 9.17) is 21.1 Å². The Morgan fingerprint density at radius 2 is 2.08 bits per heavy atom. The fourth-order valence-electron chi connectivity index (χ4n) is 0.792. The van der Waals surface area contributed by atoms with E-state index in [1.807, 2.05) is 0 Å². The molecule has 0 bridgehead atoms. The topological polar surface area (TPSA) is 44.2 Å². The SMILES string of the molecule is Clc1cnc(OC2COC2)nc1. The average Bonchev–Trinajstić information content (AvgIpc) is 2.00. The monoisotopic (exact) mass is 186 g/mol. The van der Waals surface area contributed by atoms with Gasteiger partial charge in [0, 0.05) is 0 Å². The highest BCUT2D eigenvalue weighted by molar-refractivity contribution is 6.30. The summed E-state index contributed by atoms with van der Waals surface area (Å²) in [5.41, 5.74) is 0. The molecule has 1 fully saturated rings. The van der Waals surface area contributed by atoms with E-state index in [1.165, 1.54) is 12.4 Å². The van der Waals surface area contributed by atoms with Crippen molar-refractivity contribution in [3.8, 4) is 6.01 Å². The third kappa shape index (κ3) is 1.65. The van der Waals surface area contributed by atoms with E-state index in [0.29, 0.717) is 24.2 Å². The Morgan fingerprint density at radius 3 is 2.58 bits per heavy atom.